The largest absolute Gasteiger partial charge is 0.384 e. The Hall–Kier alpha value is -2.58. The maximum Gasteiger partial charge on any atom is 0.263 e. The van der Waals surface area contributed by atoms with Crippen LogP contribution in [-0.4, -0.2) is 50.9 Å². The molecule has 3 rings (SSSR count). The lowest BCUT2D eigenvalue weighted by atomic mass is 10.1. The number of aromatic nitrogens is 4. The molecular weight excluding hydrogens is 308 g/mol. The van der Waals surface area contributed by atoms with Crippen molar-refractivity contribution in [2.75, 3.05) is 19.7 Å². The number of benzene rings is 1. The molecule has 0 spiro atoms. The molecular formula is C14H15F2N5O2. The van der Waals surface area contributed by atoms with E-state index < -0.39 is 11.6 Å². The van der Waals surface area contributed by atoms with Gasteiger partial charge in [0.1, 0.15) is 0 Å². The summed E-state index contributed by atoms with van der Waals surface area (Å²) in [5, 5.41) is 10.6. The molecule has 0 unspecified atom stereocenters. The van der Waals surface area contributed by atoms with Crippen molar-refractivity contribution in [2.24, 2.45) is 0 Å². The van der Waals surface area contributed by atoms with Gasteiger partial charge in [-0.25, -0.2) is 8.78 Å². The molecule has 23 heavy (non-hydrogen) atoms. The van der Waals surface area contributed by atoms with Crippen molar-refractivity contribution in [2.45, 2.75) is 19.3 Å². The van der Waals surface area contributed by atoms with E-state index in [1.54, 1.807) is 4.90 Å². The molecule has 1 saturated heterocycles. The van der Waals surface area contributed by atoms with Crippen molar-refractivity contribution < 1.29 is 18.4 Å². The van der Waals surface area contributed by atoms with E-state index in [2.05, 4.69) is 15.5 Å². The molecule has 2 heterocycles. The smallest absolute Gasteiger partial charge is 0.263 e. The molecule has 0 atom stereocenters. The van der Waals surface area contributed by atoms with Crippen LogP contribution in [0.15, 0.2) is 18.2 Å². The van der Waals surface area contributed by atoms with Gasteiger partial charge in [-0.05, 0) is 41.8 Å². The Morgan fingerprint density at radius 3 is 2.78 bits per heavy atom. The van der Waals surface area contributed by atoms with Crippen LogP contribution in [0.4, 0.5) is 8.78 Å². The number of hydrogen-bond donors (Lipinski definition) is 0. The molecule has 9 heteroatoms. The monoisotopic (exact) mass is 323 g/mol. The van der Waals surface area contributed by atoms with E-state index >= 15 is 0 Å². The Balaban J connectivity index is 1.71. The topological polar surface area (TPSA) is 73.1 Å². The molecule has 0 saturated carbocycles. The normalized spacial score (nSPS) is 14.8. The lowest BCUT2D eigenvalue weighted by molar-refractivity contribution is -0.137. The average Bonchev–Trinajstić information content (AvgIpc) is 3.04. The summed E-state index contributed by atoms with van der Waals surface area (Å²) in [7, 11) is 0. The molecule has 0 bridgehead atoms. The highest BCUT2D eigenvalue weighted by molar-refractivity contribution is 5.77. The highest BCUT2D eigenvalue weighted by atomic mass is 19.2. The first-order chi connectivity index (χ1) is 11.2. The highest BCUT2D eigenvalue weighted by Crippen LogP contribution is 2.21. The Labute approximate surface area is 130 Å². The quantitative estimate of drug-likeness (QED) is 0.841. The average molecular weight is 323 g/mol. The van der Waals surface area contributed by atoms with Crippen molar-refractivity contribution in [3.05, 3.63) is 29.8 Å². The second-order valence-corrected chi connectivity index (χ2v) is 5.19. The maximum atomic E-state index is 13.8. The number of amides is 1. The fraction of sp³-hybridized carbons (Fsp3) is 0.429. The second-order valence-electron chi connectivity index (χ2n) is 5.19. The molecule has 122 valence electrons. The van der Waals surface area contributed by atoms with E-state index in [0.717, 1.165) is 30.2 Å². The molecule has 0 radical (unpaired) electrons. The van der Waals surface area contributed by atoms with E-state index in [1.807, 2.05) is 0 Å². The van der Waals surface area contributed by atoms with Gasteiger partial charge in [0, 0.05) is 13.1 Å². The van der Waals surface area contributed by atoms with Crippen LogP contribution in [0, 0.1) is 11.6 Å². The molecule has 1 fully saturated rings. The van der Waals surface area contributed by atoms with Crippen molar-refractivity contribution in [1.29, 1.82) is 0 Å². The number of carbonyl (C=O) groups excluding carboxylic acids is 1. The SMILES string of the molecule is O=C(COn1nnnc1-c1cccc(F)c1F)N1CCCCC1. The second kappa shape index (κ2) is 6.67. The van der Waals surface area contributed by atoms with Crippen LogP contribution in [0.5, 0.6) is 0 Å². The van der Waals surface area contributed by atoms with Crippen molar-refractivity contribution in [1.82, 2.24) is 25.3 Å². The minimum Gasteiger partial charge on any atom is -0.384 e. The number of rotatable bonds is 4. The van der Waals surface area contributed by atoms with Crippen LogP contribution in [0.25, 0.3) is 11.4 Å². The highest BCUT2D eigenvalue weighted by Gasteiger charge is 2.20. The van der Waals surface area contributed by atoms with Crippen LogP contribution in [0.3, 0.4) is 0 Å². The molecule has 1 aliphatic heterocycles. The number of piperidine rings is 1. The Bertz CT molecular complexity index is 700. The minimum atomic E-state index is -1.07. The van der Waals surface area contributed by atoms with E-state index in [0.29, 0.717) is 13.1 Å². The molecule has 7 nitrogen and oxygen atoms in total. The Morgan fingerprint density at radius 1 is 1.22 bits per heavy atom. The Morgan fingerprint density at radius 2 is 2.00 bits per heavy atom. The summed E-state index contributed by atoms with van der Waals surface area (Å²) in [4.78, 5) is 19.8. The fourth-order valence-corrected chi connectivity index (χ4v) is 2.45. The van der Waals surface area contributed by atoms with Gasteiger partial charge in [0.2, 0.25) is 5.82 Å². The van der Waals surface area contributed by atoms with Crippen LogP contribution >= 0.6 is 0 Å². The number of nitrogens with zero attached hydrogens (tertiary/aromatic N) is 5. The summed E-state index contributed by atoms with van der Waals surface area (Å²) in [6, 6.07) is 3.66. The first-order valence-corrected chi connectivity index (χ1v) is 7.30. The van der Waals surface area contributed by atoms with Gasteiger partial charge >= 0.3 is 0 Å². The van der Waals surface area contributed by atoms with Crippen molar-refractivity contribution in [3.63, 3.8) is 0 Å². The zero-order chi connectivity index (χ0) is 16.2. The summed E-state index contributed by atoms with van der Waals surface area (Å²) >= 11 is 0. The van der Waals surface area contributed by atoms with Crippen molar-refractivity contribution in [3.8, 4) is 11.4 Å². The minimum absolute atomic E-state index is 0.103. The number of halogens is 2. The lowest BCUT2D eigenvalue weighted by Gasteiger charge is -2.26. The summed E-state index contributed by atoms with van der Waals surface area (Å²) < 4.78 is 27.1. The summed E-state index contributed by atoms with van der Waals surface area (Å²) in [6.07, 6.45) is 3.05. The summed E-state index contributed by atoms with van der Waals surface area (Å²) in [5.41, 5.74) is -0.138. The number of tetrazole rings is 1. The summed E-state index contributed by atoms with van der Waals surface area (Å²) in [5.74, 6) is -2.38. The van der Waals surface area contributed by atoms with Gasteiger partial charge in [0.25, 0.3) is 5.91 Å². The standard InChI is InChI=1S/C14H15F2N5O2/c15-11-6-4-5-10(13(11)16)14-17-18-19-21(14)23-9-12(22)20-7-2-1-3-8-20/h4-6H,1-3,7-9H2. The van der Waals surface area contributed by atoms with E-state index in [1.165, 1.54) is 12.1 Å². The third kappa shape index (κ3) is 3.27. The summed E-state index contributed by atoms with van der Waals surface area (Å²) in [6.45, 7) is 1.13. The zero-order valence-corrected chi connectivity index (χ0v) is 12.3. The lowest BCUT2D eigenvalue weighted by Crippen LogP contribution is -2.40. The van der Waals surface area contributed by atoms with Gasteiger partial charge in [-0.3, -0.25) is 4.79 Å². The molecule has 1 aromatic carbocycles. The molecule has 1 aliphatic rings. The molecule has 0 N–H and O–H groups in total. The number of hydrogen-bond acceptors (Lipinski definition) is 5. The zero-order valence-electron chi connectivity index (χ0n) is 12.3. The van der Waals surface area contributed by atoms with E-state index in [4.69, 9.17) is 4.84 Å². The first kappa shape index (κ1) is 15.3. The van der Waals surface area contributed by atoms with Crippen molar-refractivity contribution >= 4 is 5.91 Å². The van der Waals surface area contributed by atoms with Gasteiger partial charge in [-0.2, -0.15) is 0 Å². The predicted molar refractivity (Wildman–Crippen MR) is 75.0 cm³/mol. The maximum absolute atomic E-state index is 13.8. The van der Waals surface area contributed by atoms with Gasteiger partial charge in [0.05, 0.1) is 5.56 Å². The van der Waals surface area contributed by atoms with Gasteiger partial charge in [-0.1, -0.05) is 10.9 Å². The van der Waals surface area contributed by atoms with Crippen LogP contribution < -0.4 is 4.84 Å². The van der Waals surface area contributed by atoms with Gasteiger partial charge in [-0.15, -0.1) is 5.10 Å². The van der Waals surface area contributed by atoms with E-state index in [9.17, 15) is 13.6 Å². The number of likely N-dealkylation sites (tertiary alicyclic amines) is 1. The molecule has 0 aliphatic carbocycles. The van der Waals surface area contributed by atoms with Crippen LogP contribution in [0.2, 0.25) is 0 Å². The van der Waals surface area contributed by atoms with Crippen LogP contribution in [-0.2, 0) is 4.79 Å². The van der Waals surface area contributed by atoms with E-state index in [-0.39, 0.29) is 23.9 Å². The number of carbonyl (C=O) groups is 1. The van der Waals surface area contributed by atoms with Gasteiger partial charge < -0.3 is 9.74 Å². The third-order valence-electron chi connectivity index (χ3n) is 3.65. The fourth-order valence-electron chi connectivity index (χ4n) is 2.45. The van der Waals surface area contributed by atoms with Gasteiger partial charge in [0.15, 0.2) is 18.2 Å². The third-order valence-corrected chi connectivity index (χ3v) is 3.65. The predicted octanol–water partition coefficient (Wildman–Crippen LogP) is 1.06. The first-order valence-electron chi connectivity index (χ1n) is 7.30. The molecule has 1 aromatic heterocycles. The molecule has 1 amide bonds. The Kier molecular flexibility index (Phi) is 4.45. The molecule has 2 aromatic rings. The van der Waals surface area contributed by atoms with Crippen LogP contribution in [0.1, 0.15) is 19.3 Å².